The first kappa shape index (κ1) is 15.4. The van der Waals surface area contributed by atoms with E-state index in [-0.39, 0.29) is 5.91 Å². The molecule has 3 heterocycles. The molecule has 1 unspecified atom stereocenters. The average Bonchev–Trinajstić information content (AvgIpc) is 3.22. The minimum atomic E-state index is 0.0678. The maximum absolute atomic E-state index is 12.7. The van der Waals surface area contributed by atoms with Gasteiger partial charge in [0.1, 0.15) is 11.5 Å². The number of hydrogen-bond donors (Lipinski definition) is 0. The number of furan rings is 1. The van der Waals surface area contributed by atoms with Crippen molar-refractivity contribution in [2.24, 2.45) is 5.92 Å². The van der Waals surface area contributed by atoms with Crippen LogP contribution in [0.25, 0.3) is 0 Å². The molecule has 128 valence electrons. The Hall–Kier alpha value is -2.11. The smallest absolute Gasteiger partial charge is 0.257 e. The van der Waals surface area contributed by atoms with Crippen molar-refractivity contribution in [3.8, 4) is 0 Å². The molecule has 0 bridgehead atoms. The van der Waals surface area contributed by atoms with Crippen molar-refractivity contribution < 1.29 is 13.7 Å². The fourth-order valence-electron chi connectivity index (χ4n) is 3.53. The lowest BCUT2D eigenvalue weighted by molar-refractivity contribution is 0.0666. The standard InChI is InChI=1S/C18H23N3O3/c1-11-8-15(12(2)23-11)18(22)21-7-3-4-13(10-21)9-16-19-17(20-24-16)14-5-6-14/h8,13-14H,3-7,9-10H2,1-2H3. The number of piperidine rings is 1. The number of carbonyl (C=O) groups is 1. The highest BCUT2D eigenvalue weighted by atomic mass is 16.5. The molecule has 1 aliphatic carbocycles. The molecular weight excluding hydrogens is 306 g/mol. The average molecular weight is 329 g/mol. The maximum atomic E-state index is 12.7. The number of hydrogen-bond acceptors (Lipinski definition) is 5. The van der Waals surface area contributed by atoms with E-state index in [0.29, 0.717) is 29.1 Å². The highest BCUT2D eigenvalue weighted by Gasteiger charge is 2.31. The molecule has 2 aromatic rings. The largest absolute Gasteiger partial charge is 0.466 e. The zero-order valence-electron chi connectivity index (χ0n) is 14.2. The van der Waals surface area contributed by atoms with Crippen LogP contribution in [0.1, 0.15) is 65.2 Å². The monoisotopic (exact) mass is 329 g/mol. The third-order valence-electron chi connectivity index (χ3n) is 4.97. The van der Waals surface area contributed by atoms with Gasteiger partial charge in [-0.2, -0.15) is 4.98 Å². The van der Waals surface area contributed by atoms with Crippen LogP contribution in [0.3, 0.4) is 0 Å². The number of amides is 1. The van der Waals surface area contributed by atoms with Crippen molar-refractivity contribution in [2.45, 2.75) is 51.9 Å². The van der Waals surface area contributed by atoms with E-state index in [1.165, 1.54) is 12.8 Å². The molecule has 24 heavy (non-hydrogen) atoms. The van der Waals surface area contributed by atoms with Crippen LogP contribution in [0.15, 0.2) is 15.0 Å². The zero-order chi connectivity index (χ0) is 16.7. The summed E-state index contributed by atoms with van der Waals surface area (Å²) in [7, 11) is 0. The maximum Gasteiger partial charge on any atom is 0.257 e. The van der Waals surface area contributed by atoms with Crippen molar-refractivity contribution in [3.63, 3.8) is 0 Å². The number of aryl methyl sites for hydroxylation is 2. The minimum Gasteiger partial charge on any atom is -0.466 e. The van der Waals surface area contributed by atoms with E-state index >= 15 is 0 Å². The number of rotatable bonds is 4. The first-order valence-electron chi connectivity index (χ1n) is 8.79. The summed E-state index contributed by atoms with van der Waals surface area (Å²) in [5, 5.41) is 4.08. The van der Waals surface area contributed by atoms with E-state index in [4.69, 9.17) is 8.94 Å². The molecule has 1 atom stereocenters. The Bertz CT molecular complexity index is 745. The first-order valence-corrected chi connectivity index (χ1v) is 8.79. The molecule has 2 aliphatic rings. The molecule has 0 radical (unpaired) electrons. The van der Waals surface area contributed by atoms with Gasteiger partial charge in [0.05, 0.1) is 5.56 Å². The van der Waals surface area contributed by atoms with Crippen molar-refractivity contribution in [3.05, 3.63) is 34.9 Å². The first-order chi connectivity index (χ1) is 11.6. The Morgan fingerprint density at radius 1 is 1.33 bits per heavy atom. The summed E-state index contributed by atoms with van der Waals surface area (Å²) >= 11 is 0. The molecule has 1 amide bonds. The normalized spacial score (nSPS) is 21.2. The molecule has 0 N–H and O–H groups in total. The molecule has 0 aromatic carbocycles. The second-order valence-electron chi connectivity index (χ2n) is 7.11. The Balaban J connectivity index is 1.41. The van der Waals surface area contributed by atoms with E-state index in [1.54, 1.807) is 0 Å². The molecule has 0 spiro atoms. The van der Waals surface area contributed by atoms with Crippen LogP contribution >= 0.6 is 0 Å². The van der Waals surface area contributed by atoms with E-state index in [0.717, 1.165) is 43.9 Å². The van der Waals surface area contributed by atoms with E-state index < -0.39 is 0 Å². The van der Waals surface area contributed by atoms with Crippen LogP contribution in [-0.2, 0) is 6.42 Å². The number of aromatic nitrogens is 2. The van der Waals surface area contributed by atoms with Crippen molar-refractivity contribution in [2.75, 3.05) is 13.1 Å². The topological polar surface area (TPSA) is 72.4 Å². The fraction of sp³-hybridized carbons (Fsp3) is 0.611. The van der Waals surface area contributed by atoms with Gasteiger partial charge in [-0.05, 0) is 51.5 Å². The minimum absolute atomic E-state index is 0.0678. The molecule has 4 rings (SSSR count). The van der Waals surface area contributed by atoms with Crippen molar-refractivity contribution >= 4 is 5.91 Å². The summed E-state index contributed by atoms with van der Waals surface area (Å²) in [5.41, 5.74) is 0.682. The van der Waals surface area contributed by atoms with Gasteiger partial charge in [-0.25, -0.2) is 0 Å². The zero-order valence-corrected chi connectivity index (χ0v) is 14.2. The molecule has 1 aliphatic heterocycles. The second-order valence-corrected chi connectivity index (χ2v) is 7.11. The van der Waals surface area contributed by atoms with Gasteiger partial charge in [0.15, 0.2) is 5.82 Å². The number of likely N-dealkylation sites (tertiary alicyclic amines) is 1. The van der Waals surface area contributed by atoms with Gasteiger partial charge in [-0.3, -0.25) is 4.79 Å². The summed E-state index contributed by atoms with van der Waals surface area (Å²) in [6.07, 6.45) is 5.21. The SMILES string of the molecule is Cc1cc(C(=O)N2CCCC(Cc3nc(C4CC4)no3)C2)c(C)o1. The lowest BCUT2D eigenvalue weighted by Crippen LogP contribution is -2.40. The van der Waals surface area contributed by atoms with Crippen LogP contribution in [-0.4, -0.2) is 34.0 Å². The predicted molar refractivity (Wildman–Crippen MR) is 86.8 cm³/mol. The predicted octanol–water partition coefficient (Wildman–Crippen LogP) is 3.25. The summed E-state index contributed by atoms with van der Waals surface area (Å²) < 4.78 is 10.9. The Morgan fingerprint density at radius 2 is 2.17 bits per heavy atom. The van der Waals surface area contributed by atoms with Crippen molar-refractivity contribution in [1.82, 2.24) is 15.0 Å². The third kappa shape index (κ3) is 3.09. The molecular formula is C18H23N3O3. The Kier molecular flexibility index (Phi) is 3.90. The van der Waals surface area contributed by atoms with Gasteiger partial charge < -0.3 is 13.8 Å². The van der Waals surface area contributed by atoms with Gasteiger partial charge >= 0.3 is 0 Å². The Labute approximate surface area is 141 Å². The number of nitrogens with zero attached hydrogens (tertiary/aromatic N) is 3. The molecule has 2 aromatic heterocycles. The lowest BCUT2D eigenvalue weighted by Gasteiger charge is -2.32. The van der Waals surface area contributed by atoms with Crippen LogP contribution < -0.4 is 0 Å². The summed E-state index contributed by atoms with van der Waals surface area (Å²) in [5.74, 6) is 4.01. The lowest BCUT2D eigenvalue weighted by atomic mass is 9.94. The van der Waals surface area contributed by atoms with Gasteiger partial charge in [0.2, 0.25) is 5.89 Å². The van der Waals surface area contributed by atoms with Gasteiger partial charge in [0.25, 0.3) is 5.91 Å². The number of carbonyl (C=O) groups excluding carboxylic acids is 1. The van der Waals surface area contributed by atoms with E-state index in [9.17, 15) is 4.79 Å². The quantitative estimate of drug-likeness (QED) is 0.861. The molecule has 6 heteroatoms. The highest BCUT2D eigenvalue weighted by molar-refractivity contribution is 5.95. The van der Waals surface area contributed by atoms with Gasteiger partial charge in [-0.1, -0.05) is 5.16 Å². The molecule has 6 nitrogen and oxygen atoms in total. The Morgan fingerprint density at radius 3 is 2.88 bits per heavy atom. The molecule has 1 saturated carbocycles. The summed E-state index contributed by atoms with van der Waals surface area (Å²) in [6.45, 7) is 5.26. The fourth-order valence-corrected chi connectivity index (χ4v) is 3.53. The molecule has 2 fully saturated rings. The van der Waals surface area contributed by atoms with E-state index in [2.05, 4.69) is 10.1 Å². The molecule has 1 saturated heterocycles. The van der Waals surface area contributed by atoms with Crippen molar-refractivity contribution in [1.29, 1.82) is 0 Å². The second kappa shape index (κ2) is 6.07. The van der Waals surface area contributed by atoms with Crippen LogP contribution in [0.4, 0.5) is 0 Å². The summed E-state index contributed by atoms with van der Waals surface area (Å²) in [6, 6.07) is 1.83. The van der Waals surface area contributed by atoms with Gasteiger partial charge in [0, 0.05) is 25.4 Å². The highest BCUT2D eigenvalue weighted by Crippen LogP contribution is 2.38. The van der Waals surface area contributed by atoms with E-state index in [1.807, 2.05) is 24.8 Å². The third-order valence-corrected chi connectivity index (χ3v) is 4.97. The van der Waals surface area contributed by atoms with Crippen LogP contribution in [0, 0.1) is 19.8 Å². The van der Waals surface area contributed by atoms with Gasteiger partial charge in [-0.15, -0.1) is 0 Å². The van der Waals surface area contributed by atoms with Crippen LogP contribution in [0.2, 0.25) is 0 Å². The summed E-state index contributed by atoms with van der Waals surface area (Å²) in [4.78, 5) is 19.2. The van der Waals surface area contributed by atoms with Crippen LogP contribution in [0.5, 0.6) is 0 Å².